The predicted molar refractivity (Wildman–Crippen MR) is 96.8 cm³/mol. The second-order valence-electron chi connectivity index (χ2n) is 6.31. The quantitative estimate of drug-likeness (QED) is 0.625. The Morgan fingerprint density at radius 2 is 2.11 bits per heavy atom. The highest BCUT2D eigenvalue weighted by molar-refractivity contribution is 5.81. The summed E-state index contributed by atoms with van der Waals surface area (Å²) >= 11 is 0. The van der Waals surface area contributed by atoms with Crippen LogP contribution in [0.15, 0.2) is 43.0 Å². The van der Waals surface area contributed by atoms with Crippen molar-refractivity contribution < 1.29 is 24.1 Å². The smallest absolute Gasteiger partial charge is 0.429 e. The van der Waals surface area contributed by atoms with Gasteiger partial charge in [-0.05, 0) is 5.56 Å². The minimum atomic E-state index is -0.821. The Kier molecular flexibility index (Phi) is 5.04. The molecule has 0 amide bonds. The first-order chi connectivity index (χ1) is 13.7. The van der Waals surface area contributed by atoms with E-state index in [0.717, 1.165) is 5.56 Å². The molecule has 0 unspecified atom stereocenters. The molecule has 3 atom stereocenters. The number of nitrogens with zero attached hydrogens (tertiary/aromatic N) is 4. The number of hydrogen-bond acceptors (Lipinski definition) is 9. The van der Waals surface area contributed by atoms with Gasteiger partial charge in [-0.25, -0.2) is 19.7 Å². The van der Waals surface area contributed by atoms with E-state index in [4.69, 9.17) is 19.9 Å². The monoisotopic (exact) mass is 385 g/mol. The third-order valence-corrected chi connectivity index (χ3v) is 4.50. The summed E-state index contributed by atoms with van der Waals surface area (Å²) in [5.74, 6) is 0.262. The average molecular weight is 385 g/mol. The Bertz CT molecular complexity index is 963. The van der Waals surface area contributed by atoms with Gasteiger partial charge in [0.25, 0.3) is 0 Å². The van der Waals surface area contributed by atoms with E-state index in [9.17, 15) is 9.90 Å². The van der Waals surface area contributed by atoms with Crippen LogP contribution in [0.2, 0.25) is 0 Å². The lowest BCUT2D eigenvalue weighted by Crippen LogP contribution is -2.30. The maximum Gasteiger partial charge on any atom is 0.508 e. The standard InChI is InChI=1S/C18H19N5O5/c19-16-15-17(21-9-20-16)23(10-22-15)14-6-12(13(7-24)27-14)28-18(25)26-8-11-4-2-1-3-5-11/h1-5,9-10,12-14,24H,6-8H2,(H2,19,20,21)/t12-,13+,14+/m0/s1. The van der Waals surface area contributed by atoms with Crippen LogP contribution in [0, 0.1) is 0 Å². The van der Waals surface area contributed by atoms with Crippen molar-refractivity contribution >= 4 is 23.1 Å². The molecule has 0 bridgehead atoms. The number of nitrogens with two attached hydrogens (primary N) is 1. The van der Waals surface area contributed by atoms with Crippen LogP contribution < -0.4 is 5.73 Å². The first-order valence-electron chi connectivity index (χ1n) is 8.72. The SMILES string of the molecule is Nc1ncnc2c1ncn2[C@H]1C[C@H](OC(=O)OCc2ccccc2)[C@@H](CO)O1. The highest BCUT2D eigenvalue weighted by Crippen LogP contribution is 2.33. The number of carbonyl (C=O) groups is 1. The number of nitrogen functional groups attached to an aromatic ring is 1. The Morgan fingerprint density at radius 3 is 2.89 bits per heavy atom. The van der Waals surface area contributed by atoms with Gasteiger partial charge in [-0.3, -0.25) is 4.57 Å². The highest BCUT2D eigenvalue weighted by Gasteiger charge is 2.39. The summed E-state index contributed by atoms with van der Waals surface area (Å²) in [5.41, 5.74) is 7.61. The first kappa shape index (κ1) is 18.1. The number of benzene rings is 1. The van der Waals surface area contributed by atoms with E-state index in [1.807, 2.05) is 30.3 Å². The van der Waals surface area contributed by atoms with E-state index in [0.29, 0.717) is 17.6 Å². The van der Waals surface area contributed by atoms with Crippen LogP contribution in [0.5, 0.6) is 0 Å². The molecule has 1 aromatic carbocycles. The lowest BCUT2D eigenvalue weighted by Gasteiger charge is -2.16. The third kappa shape index (κ3) is 3.59. The fraction of sp³-hybridized carbons (Fsp3) is 0.333. The minimum absolute atomic E-state index is 0.100. The molecule has 3 N–H and O–H groups in total. The van der Waals surface area contributed by atoms with Crippen molar-refractivity contribution in [2.45, 2.75) is 31.5 Å². The van der Waals surface area contributed by atoms with Crippen LogP contribution in [-0.2, 0) is 20.8 Å². The number of ether oxygens (including phenoxy) is 3. The Balaban J connectivity index is 1.42. The van der Waals surface area contributed by atoms with Gasteiger partial charge in [0.1, 0.15) is 36.9 Å². The molecule has 28 heavy (non-hydrogen) atoms. The van der Waals surface area contributed by atoms with Gasteiger partial charge in [-0.2, -0.15) is 0 Å². The molecule has 2 aromatic heterocycles. The van der Waals surface area contributed by atoms with Gasteiger partial charge in [0.05, 0.1) is 12.9 Å². The molecule has 1 fully saturated rings. The number of hydrogen-bond donors (Lipinski definition) is 2. The van der Waals surface area contributed by atoms with Gasteiger partial charge in [0.2, 0.25) is 0 Å². The van der Waals surface area contributed by atoms with E-state index in [-0.39, 0.29) is 19.0 Å². The van der Waals surface area contributed by atoms with Gasteiger partial charge in [-0.15, -0.1) is 0 Å². The molecule has 0 spiro atoms. The number of rotatable bonds is 5. The summed E-state index contributed by atoms with van der Waals surface area (Å²) in [4.78, 5) is 24.3. The van der Waals surface area contributed by atoms with Crippen molar-refractivity contribution in [1.29, 1.82) is 0 Å². The van der Waals surface area contributed by atoms with E-state index >= 15 is 0 Å². The van der Waals surface area contributed by atoms with Gasteiger partial charge in [0, 0.05) is 6.42 Å². The molecule has 1 aliphatic rings. The topological polar surface area (TPSA) is 135 Å². The van der Waals surface area contributed by atoms with Crippen molar-refractivity contribution in [3.63, 3.8) is 0 Å². The molecule has 10 heteroatoms. The molecule has 10 nitrogen and oxygen atoms in total. The molecule has 1 saturated heterocycles. The molecule has 0 radical (unpaired) electrons. The minimum Gasteiger partial charge on any atom is -0.429 e. The fourth-order valence-corrected chi connectivity index (χ4v) is 3.11. The Morgan fingerprint density at radius 1 is 1.29 bits per heavy atom. The molecule has 3 aromatic rings. The second-order valence-corrected chi connectivity index (χ2v) is 6.31. The van der Waals surface area contributed by atoms with Crippen LogP contribution in [0.3, 0.4) is 0 Å². The normalized spacial score (nSPS) is 21.7. The Labute approximate surface area is 159 Å². The van der Waals surface area contributed by atoms with E-state index < -0.39 is 24.6 Å². The zero-order chi connectivity index (χ0) is 19.5. The molecular formula is C18H19N5O5. The maximum absolute atomic E-state index is 12.0. The summed E-state index contributed by atoms with van der Waals surface area (Å²) in [6, 6.07) is 9.27. The van der Waals surface area contributed by atoms with Crippen LogP contribution in [-0.4, -0.2) is 49.6 Å². The second kappa shape index (κ2) is 7.79. The number of anilines is 1. The summed E-state index contributed by atoms with van der Waals surface area (Å²) in [5, 5.41) is 9.60. The molecule has 146 valence electrons. The fourth-order valence-electron chi connectivity index (χ4n) is 3.11. The van der Waals surface area contributed by atoms with Crippen LogP contribution in [0.4, 0.5) is 10.6 Å². The van der Waals surface area contributed by atoms with Crippen molar-refractivity contribution in [2.75, 3.05) is 12.3 Å². The number of aliphatic hydroxyl groups excluding tert-OH is 1. The molecule has 4 rings (SSSR count). The highest BCUT2D eigenvalue weighted by atomic mass is 16.7. The van der Waals surface area contributed by atoms with E-state index in [1.165, 1.54) is 12.7 Å². The summed E-state index contributed by atoms with van der Waals surface area (Å²) < 4.78 is 18.0. The zero-order valence-corrected chi connectivity index (χ0v) is 14.8. The zero-order valence-electron chi connectivity index (χ0n) is 14.8. The first-order valence-corrected chi connectivity index (χ1v) is 8.72. The lowest BCUT2D eigenvalue weighted by molar-refractivity contribution is -0.0564. The van der Waals surface area contributed by atoms with E-state index in [2.05, 4.69) is 15.0 Å². The molecular weight excluding hydrogens is 366 g/mol. The predicted octanol–water partition coefficient (Wildman–Crippen LogP) is 1.41. The maximum atomic E-state index is 12.0. The van der Waals surface area contributed by atoms with Gasteiger partial charge in [-0.1, -0.05) is 30.3 Å². The molecule has 1 aliphatic heterocycles. The van der Waals surface area contributed by atoms with Crippen LogP contribution in [0.1, 0.15) is 18.2 Å². The Hall–Kier alpha value is -3.24. The van der Waals surface area contributed by atoms with Gasteiger partial charge >= 0.3 is 6.16 Å². The third-order valence-electron chi connectivity index (χ3n) is 4.50. The van der Waals surface area contributed by atoms with Crippen LogP contribution >= 0.6 is 0 Å². The van der Waals surface area contributed by atoms with Crippen molar-refractivity contribution in [3.8, 4) is 0 Å². The largest absolute Gasteiger partial charge is 0.508 e. The lowest BCUT2D eigenvalue weighted by atomic mass is 10.2. The van der Waals surface area contributed by atoms with Crippen LogP contribution in [0.25, 0.3) is 11.2 Å². The van der Waals surface area contributed by atoms with Crippen molar-refractivity contribution in [3.05, 3.63) is 48.5 Å². The number of aliphatic hydroxyl groups is 1. The summed E-state index contributed by atoms with van der Waals surface area (Å²) in [7, 11) is 0. The summed E-state index contributed by atoms with van der Waals surface area (Å²) in [6.45, 7) is -0.209. The summed E-state index contributed by atoms with van der Waals surface area (Å²) in [6.07, 6.45) is 0.470. The number of aromatic nitrogens is 4. The molecule has 0 saturated carbocycles. The number of imidazole rings is 1. The van der Waals surface area contributed by atoms with E-state index in [1.54, 1.807) is 4.57 Å². The van der Waals surface area contributed by atoms with Gasteiger partial charge in [0.15, 0.2) is 11.5 Å². The van der Waals surface area contributed by atoms with Crippen molar-refractivity contribution in [2.24, 2.45) is 0 Å². The number of carbonyl (C=O) groups excluding carboxylic acids is 1. The van der Waals surface area contributed by atoms with Gasteiger partial charge < -0.3 is 25.1 Å². The van der Waals surface area contributed by atoms with Crippen molar-refractivity contribution in [1.82, 2.24) is 19.5 Å². The molecule has 3 heterocycles. The molecule has 0 aliphatic carbocycles. The average Bonchev–Trinajstić information content (AvgIpc) is 3.32. The number of fused-ring (bicyclic) bond motifs is 1.